The van der Waals surface area contributed by atoms with Gasteiger partial charge in [0.05, 0.1) is 5.02 Å². The molecule has 2 aromatic carbocycles. The van der Waals surface area contributed by atoms with E-state index >= 15 is 0 Å². The Morgan fingerprint density at radius 1 is 1.00 bits per heavy atom. The predicted octanol–water partition coefficient (Wildman–Crippen LogP) is 4.74. The fourth-order valence-corrected chi connectivity index (χ4v) is 1.72. The lowest BCUT2D eigenvalue weighted by atomic mass is 10.2. The van der Waals surface area contributed by atoms with Crippen LogP contribution in [0.15, 0.2) is 42.5 Å². The molecule has 4 heteroatoms. The summed E-state index contributed by atoms with van der Waals surface area (Å²) in [4.78, 5) is 0. The second kappa shape index (κ2) is 5.39. The first-order valence-electron chi connectivity index (χ1n) is 5.08. The number of benzene rings is 2. The smallest absolute Gasteiger partial charge is 0.141 e. The van der Waals surface area contributed by atoms with E-state index in [0.717, 1.165) is 11.3 Å². The molecule has 0 radical (unpaired) electrons. The third kappa shape index (κ3) is 3.35. The van der Waals surface area contributed by atoms with E-state index in [9.17, 15) is 4.39 Å². The van der Waals surface area contributed by atoms with Crippen molar-refractivity contribution in [2.45, 2.75) is 6.54 Å². The Morgan fingerprint density at radius 2 is 1.71 bits per heavy atom. The first-order chi connectivity index (χ1) is 8.15. The monoisotopic (exact) mass is 269 g/mol. The summed E-state index contributed by atoms with van der Waals surface area (Å²) in [6.45, 7) is 0.638. The normalized spacial score (nSPS) is 10.3. The van der Waals surface area contributed by atoms with Gasteiger partial charge in [0.1, 0.15) is 5.82 Å². The van der Waals surface area contributed by atoms with E-state index in [2.05, 4.69) is 5.32 Å². The van der Waals surface area contributed by atoms with Crippen LogP contribution in [0.25, 0.3) is 0 Å². The zero-order valence-electron chi connectivity index (χ0n) is 8.88. The van der Waals surface area contributed by atoms with Gasteiger partial charge in [0.25, 0.3) is 0 Å². The highest BCUT2D eigenvalue weighted by Crippen LogP contribution is 2.20. The number of anilines is 1. The van der Waals surface area contributed by atoms with E-state index in [1.54, 1.807) is 12.1 Å². The van der Waals surface area contributed by atoms with Crippen molar-refractivity contribution in [1.82, 2.24) is 0 Å². The lowest BCUT2D eigenvalue weighted by Crippen LogP contribution is -1.99. The molecule has 1 nitrogen and oxygen atoms in total. The van der Waals surface area contributed by atoms with Gasteiger partial charge in [-0.15, -0.1) is 0 Å². The van der Waals surface area contributed by atoms with Gasteiger partial charge >= 0.3 is 0 Å². The average Bonchev–Trinajstić information content (AvgIpc) is 2.33. The average molecular weight is 270 g/mol. The third-order valence-corrected chi connectivity index (χ3v) is 2.87. The number of hydrogen-bond acceptors (Lipinski definition) is 1. The Balaban J connectivity index is 2.02. The van der Waals surface area contributed by atoms with Gasteiger partial charge in [-0.05, 0) is 35.9 Å². The van der Waals surface area contributed by atoms with Crippen LogP contribution in [0.1, 0.15) is 5.56 Å². The van der Waals surface area contributed by atoms with Crippen molar-refractivity contribution >= 4 is 28.9 Å². The van der Waals surface area contributed by atoms with Crippen LogP contribution in [0.5, 0.6) is 0 Å². The van der Waals surface area contributed by atoms with Crippen molar-refractivity contribution in [3.63, 3.8) is 0 Å². The topological polar surface area (TPSA) is 12.0 Å². The van der Waals surface area contributed by atoms with Gasteiger partial charge in [-0.3, -0.25) is 0 Å². The molecule has 0 heterocycles. The van der Waals surface area contributed by atoms with Crippen LogP contribution in [0.2, 0.25) is 10.0 Å². The van der Waals surface area contributed by atoms with E-state index in [-0.39, 0.29) is 5.02 Å². The molecule has 0 amide bonds. The first-order valence-corrected chi connectivity index (χ1v) is 5.84. The molecular formula is C13H10Cl2FN. The van der Waals surface area contributed by atoms with E-state index in [1.165, 1.54) is 6.07 Å². The Labute approximate surface area is 109 Å². The summed E-state index contributed by atoms with van der Waals surface area (Å²) >= 11 is 11.5. The van der Waals surface area contributed by atoms with Crippen LogP contribution < -0.4 is 5.32 Å². The molecule has 0 aliphatic heterocycles. The Hall–Kier alpha value is -1.25. The molecule has 0 saturated heterocycles. The van der Waals surface area contributed by atoms with Crippen molar-refractivity contribution in [3.8, 4) is 0 Å². The van der Waals surface area contributed by atoms with Crippen LogP contribution in [0.4, 0.5) is 10.1 Å². The van der Waals surface area contributed by atoms with E-state index in [0.29, 0.717) is 11.6 Å². The second-order valence-corrected chi connectivity index (χ2v) is 4.45. The molecule has 0 unspecified atom stereocenters. The molecule has 88 valence electrons. The van der Waals surface area contributed by atoms with Crippen LogP contribution in [0.3, 0.4) is 0 Å². The van der Waals surface area contributed by atoms with Crippen molar-refractivity contribution in [3.05, 3.63) is 63.9 Å². The Morgan fingerprint density at radius 3 is 2.35 bits per heavy atom. The van der Waals surface area contributed by atoms with Crippen LogP contribution >= 0.6 is 23.2 Å². The third-order valence-electron chi connectivity index (χ3n) is 2.33. The Bertz CT molecular complexity index is 511. The van der Waals surface area contributed by atoms with E-state index in [1.807, 2.05) is 24.3 Å². The molecule has 17 heavy (non-hydrogen) atoms. The summed E-state index contributed by atoms with van der Waals surface area (Å²) in [7, 11) is 0. The van der Waals surface area contributed by atoms with E-state index < -0.39 is 5.82 Å². The molecular weight excluding hydrogens is 260 g/mol. The largest absolute Gasteiger partial charge is 0.381 e. The zero-order chi connectivity index (χ0) is 12.3. The molecule has 0 bridgehead atoms. The van der Waals surface area contributed by atoms with Gasteiger partial charge in [0.15, 0.2) is 0 Å². The molecule has 0 atom stereocenters. The van der Waals surface area contributed by atoms with Gasteiger partial charge in [0, 0.05) is 17.3 Å². The molecule has 0 aromatic heterocycles. The van der Waals surface area contributed by atoms with Crippen LogP contribution in [0, 0.1) is 5.82 Å². The lowest BCUT2D eigenvalue weighted by Gasteiger charge is -2.07. The number of halogens is 3. The fourth-order valence-electron chi connectivity index (χ4n) is 1.41. The maximum Gasteiger partial charge on any atom is 0.141 e. The molecule has 0 aliphatic rings. The van der Waals surface area contributed by atoms with Gasteiger partial charge < -0.3 is 5.32 Å². The first kappa shape index (κ1) is 12.2. The second-order valence-electron chi connectivity index (χ2n) is 3.61. The summed E-state index contributed by atoms with van der Waals surface area (Å²) in [5.74, 6) is -0.413. The lowest BCUT2D eigenvalue weighted by molar-refractivity contribution is 0.628. The maximum atomic E-state index is 12.9. The molecule has 0 aliphatic carbocycles. The minimum absolute atomic E-state index is 0.117. The molecule has 1 N–H and O–H groups in total. The minimum atomic E-state index is -0.413. The number of nitrogens with one attached hydrogen (secondary N) is 1. The maximum absolute atomic E-state index is 12.9. The van der Waals surface area contributed by atoms with Gasteiger partial charge in [-0.2, -0.15) is 0 Å². The van der Waals surface area contributed by atoms with Crippen LogP contribution in [-0.4, -0.2) is 0 Å². The highest BCUT2D eigenvalue weighted by molar-refractivity contribution is 6.31. The van der Waals surface area contributed by atoms with E-state index in [4.69, 9.17) is 23.2 Å². The van der Waals surface area contributed by atoms with Gasteiger partial charge in [0.2, 0.25) is 0 Å². The predicted molar refractivity (Wildman–Crippen MR) is 70.2 cm³/mol. The molecule has 0 saturated carbocycles. The van der Waals surface area contributed by atoms with Gasteiger partial charge in [-0.1, -0.05) is 35.3 Å². The van der Waals surface area contributed by atoms with Crippen molar-refractivity contribution in [2.75, 3.05) is 5.32 Å². The summed E-state index contributed by atoms with van der Waals surface area (Å²) in [6, 6.07) is 12.1. The summed E-state index contributed by atoms with van der Waals surface area (Å²) < 4.78 is 12.9. The standard InChI is InChI=1S/C13H10Cl2FN/c14-10-3-1-9(2-4-10)8-17-11-5-6-13(16)12(15)7-11/h1-7,17H,8H2. The van der Waals surface area contributed by atoms with Crippen LogP contribution in [-0.2, 0) is 6.54 Å². The Kier molecular flexibility index (Phi) is 3.87. The highest BCUT2D eigenvalue weighted by atomic mass is 35.5. The SMILES string of the molecule is Fc1ccc(NCc2ccc(Cl)cc2)cc1Cl. The van der Waals surface area contributed by atoms with Crippen molar-refractivity contribution in [2.24, 2.45) is 0 Å². The van der Waals surface area contributed by atoms with Crippen molar-refractivity contribution < 1.29 is 4.39 Å². The fraction of sp³-hybridized carbons (Fsp3) is 0.0769. The molecule has 0 fully saturated rings. The van der Waals surface area contributed by atoms with Gasteiger partial charge in [-0.25, -0.2) is 4.39 Å². The molecule has 2 rings (SSSR count). The minimum Gasteiger partial charge on any atom is -0.381 e. The number of hydrogen-bond donors (Lipinski definition) is 1. The number of rotatable bonds is 3. The quantitative estimate of drug-likeness (QED) is 0.849. The highest BCUT2D eigenvalue weighted by Gasteiger charge is 2.00. The summed E-state index contributed by atoms with van der Waals surface area (Å²) in [6.07, 6.45) is 0. The summed E-state index contributed by atoms with van der Waals surface area (Å²) in [5, 5.41) is 3.98. The summed E-state index contributed by atoms with van der Waals surface area (Å²) in [5.41, 5.74) is 1.88. The van der Waals surface area contributed by atoms with Crippen molar-refractivity contribution in [1.29, 1.82) is 0 Å². The zero-order valence-corrected chi connectivity index (χ0v) is 10.4. The molecule has 2 aromatic rings. The molecule has 0 spiro atoms.